The van der Waals surface area contributed by atoms with Crippen LogP contribution >= 0.6 is 11.8 Å². The Bertz CT molecular complexity index is 1070. The third kappa shape index (κ3) is 4.29. The molecule has 2 N–H and O–H groups in total. The SMILES string of the molecule is CCOC(=O)C1=C(C)OC(N)=C(C#N)C1c1ccccc1Sc1cccc(OC)c1. The van der Waals surface area contributed by atoms with E-state index in [1.54, 1.807) is 21.0 Å². The van der Waals surface area contributed by atoms with E-state index in [0.717, 1.165) is 21.1 Å². The molecule has 2 aromatic rings. The second-order valence-corrected chi connectivity index (χ2v) is 7.55. The molecule has 0 bridgehead atoms. The Labute approximate surface area is 179 Å². The Balaban J connectivity index is 2.12. The molecular weight excluding hydrogens is 400 g/mol. The maximum Gasteiger partial charge on any atom is 0.338 e. The molecule has 1 unspecified atom stereocenters. The van der Waals surface area contributed by atoms with Crippen molar-refractivity contribution in [1.82, 2.24) is 0 Å². The van der Waals surface area contributed by atoms with Crippen LogP contribution in [0.1, 0.15) is 25.3 Å². The van der Waals surface area contributed by atoms with Crippen molar-refractivity contribution in [2.75, 3.05) is 13.7 Å². The number of esters is 1. The molecule has 0 aromatic heterocycles. The van der Waals surface area contributed by atoms with E-state index in [9.17, 15) is 10.1 Å². The van der Waals surface area contributed by atoms with E-state index in [4.69, 9.17) is 19.9 Å². The number of benzene rings is 2. The number of hydrogen-bond donors (Lipinski definition) is 1. The Kier molecular flexibility index (Phi) is 6.70. The molecule has 7 heteroatoms. The van der Waals surface area contributed by atoms with Crippen molar-refractivity contribution in [1.29, 1.82) is 5.26 Å². The topological polar surface area (TPSA) is 94.6 Å². The van der Waals surface area contributed by atoms with Crippen LogP contribution in [0.3, 0.4) is 0 Å². The summed E-state index contributed by atoms with van der Waals surface area (Å²) in [6, 6.07) is 17.4. The lowest BCUT2D eigenvalue weighted by molar-refractivity contribution is -0.139. The molecule has 30 heavy (non-hydrogen) atoms. The number of allylic oxidation sites excluding steroid dienone is 2. The maximum absolute atomic E-state index is 12.8. The first-order valence-electron chi connectivity index (χ1n) is 9.36. The van der Waals surface area contributed by atoms with Crippen LogP contribution in [0.5, 0.6) is 5.75 Å². The molecule has 1 aliphatic rings. The number of methoxy groups -OCH3 is 1. The van der Waals surface area contributed by atoms with E-state index in [1.807, 2.05) is 48.5 Å². The predicted molar refractivity (Wildman–Crippen MR) is 114 cm³/mol. The van der Waals surface area contributed by atoms with Gasteiger partial charge >= 0.3 is 5.97 Å². The molecular formula is C23H22N2O4S. The fourth-order valence-corrected chi connectivity index (χ4v) is 4.30. The molecule has 6 nitrogen and oxygen atoms in total. The number of hydrogen-bond acceptors (Lipinski definition) is 7. The van der Waals surface area contributed by atoms with Gasteiger partial charge in [0.15, 0.2) is 0 Å². The van der Waals surface area contributed by atoms with Crippen LogP contribution in [-0.4, -0.2) is 19.7 Å². The lowest BCUT2D eigenvalue weighted by Crippen LogP contribution is -2.25. The Hall–Kier alpha value is -3.37. The number of nitriles is 1. The highest BCUT2D eigenvalue weighted by Gasteiger charge is 2.37. The van der Waals surface area contributed by atoms with E-state index in [2.05, 4.69) is 6.07 Å². The molecule has 0 aliphatic carbocycles. The van der Waals surface area contributed by atoms with Gasteiger partial charge in [-0.2, -0.15) is 5.26 Å². The Morgan fingerprint density at radius 1 is 1.27 bits per heavy atom. The number of rotatable bonds is 6. The molecule has 0 amide bonds. The monoisotopic (exact) mass is 422 g/mol. The average molecular weight is 423 g/mol. The third-order valence-electron chi connectivity index (χ3n) is 4.60. The van der Waals surface area contributed by atoms with Crippen LogP contribution in [0.25, 0.3) is 0 Å². The summed E-state index contributed by atoms with van der Waals surface area (Å²) < 4.78 is 16.1. The van der Waals surface area contributed by atoms with E-state index in [-0.39, 0.29) is 23.6 Å². The molecule has 3 rings (SSSR count). The van der Waals surface area contributed by atoms with Gasteiger partial charge in [-0.15, -0.1) is 0 Å². The summed E-state index contributed by atoms with van der Waals surface area (Å²) in [7, 11) is 1.62. The molecule has 0 saturated carbocycles. The van der Waals surface area contributed by atoms with Crippen LogP contribution in [0.2, 0.25) is 0 Å². The van der Waals surface area contributed by atoms with Crippen LogP contribution in [0.15, 0.2) is 81.1 Å². The molecule has 0 fully saturated rings. The number of nitrogens with zero attached hydrogens (tertiary/aromatic N) is 1. The fourth-order valence-electron chi connectivity index (χ4n) is 3.27. The summed E-state index contributed by atoms with van der Waals surface area (Å²) in [5.41, 5.74) is 7.25. The van der Waals surface area contributed by atoms with Gasteiger partial charge in [-0.1, -0.05) is 36.0 Å². The Morgan fingerprint density at radius 3 is 2.73 bits per heavy atom. The van der Waals surface area contributed by atoms with Crippen LogP contribution in [0.4, 0.5) is 0 Å². The van der Waals surface area contributed by atoms with Crippen LogP contribution in [0, 0.1) is 11.3 Å². The summed E-state index contributed by atoms with van der Waals surface area (Å²) in [5, 5.41) is 9.79. The predicted octanol–water partition coefficient (Wildman–Crippen LogP) is 4.49. The summed E-state index contributed by atoms with van der Waals surface area (Å²) in [5.74, 6) is -0.141. The average Bonchev–Trinajstić information content (AvgIpc) is 2.74. The second-order valence-electron chi connectivity index (χ2n) is 6.43. The van der Waals surface area contributed by atoms with E-state index < -0.39 is 11.9 Å². The zero-order valence-electron chi connectivity index (χ0n) is 17.0. The standard InChI is InChI=1S/C23H22N2O4S/c1-4-28-23(26)20-14(2)29-22(25)18(13-24)21(20)17-10-5-6-11-19(17)30-16-9-7-8-15(12-16)27-3/h5-12,21H,4,25H2,1-3H3. The van der Waals surface area contributed by atoms with Crippen molar-refractivity contribution < 1.29 is 19.0 Å². The third-order valence-corrected chi connectivity index (χ3v) is 5.68. The number of carbonyl (C=O) groups is 1. The van der Waals surface area contributed by atoms with Crippen molar-refractivity contribution in [2.45, 2.75) is 29.6 Å². The summed E-state index contributed by atoms with van der Waals surface area (Å²) >= 11 is 1.51. The van der Waals surface area contributed by atoms with E-state index in [0.29, 0.717) is 5.76 Å². The second kappa shape index (κ2) is 9.42. The van der Waals surface area contributed by atoms with Gasteiger partial charge in [0.05, 0.1) is 25.2 Å². The minimum atomic E-state index is -0.683. The van der Waals surface area contributed by atoms with E-state index >= 15 is 0 Å². The highest BCUT2D eigenvalue weighted by atomic mass is 32.2. The first kappa shape index (κ1) is 21.3. The molecule has 0 saturated heterocycles. The summed E-state index contributed by atoms with van der Waals surface area (Å²) in [6.45, 7) is 3.59. The molecule has 154 valence electrons. The highest BCUT2D eigenvalue weighted by molar-refractivity contribution is 7.99. The summed E-state index contributed by atoms with van der Waals surface area (Å²) in [6.07, 6.45) is 0. The van der Waals surface area contributed by atoms with Crippen molar-refractivity contribution >= 4 is 17.7 Å². The van der Waals surface area contributed by atoms with Gasteiger partial charge in [0.1, 0.15) is 23.2 Å². The molecule has 1 atom stereocenters. The van der Waals surface area contributed by atoms with Gasteiger partial charge < -0.3 is 19.9 Å². The van der Waals surface area contributed by atoms with Gasteiger partial charge in [-0.25, -0.2) is 4.79 Å². The maximum atomic E-state index is 12.8. The largest absolute Gasteiger partial charge is 0.497 e. The lowest BCUT2D eigenvalue weighted by Gasteiger charge is -2.28. The number of nitrogens with two attached hydrogens (primary N) is 1. The van der Waals surface area contributed by atoms with E-state index in [1.165, 1.54) is 11.8 Å². The molecule has 1 aliphatic heterocycles. The molecule has 1 heterocycles. The van der Waals surface area contributed by atoms with Crippen molar-refractivity contribution in [3.63, 3.8) is 0 Å². The van der Waals surface area contributed by atoms with Gasteiger partial charge in [0.25, 0.3) is 0 Å². The number of carbonyl (C=O) groups excluding carboxylic acids is 1. The molecule has 0 radical (unpaired) electrons. The lowest BCUT2D eigenvalue weighted by atomic mass is 9.83. The summed E-state index contributed by atoms with van der Waals surface area (Å²) in [4.78, 5) is 14.6. The quantitative estimate of drug-likeness (QED) is 0.685. The minimum absolute atomic E-state index is 0.00534. The first-order chi connectivity index (χ1) is 14.5. The van der Waals surface area contributed by atoms with Gasteiger partial charge in [-0.05, 0) is 43.7 Å². The van der Waals surface area contributed by atoms with Gasteiger partial charge in [0, 0.05) is 9.79 Å². The Morgan fingerprint density at radius 2 is 2.03 bits per heavy atom. The molecule has 0 spiro atoms. The minimum Gasteiger partial charge on any atom is -0.497 e. The zero-order valence-corrected chi connectivity index (χ0v) is 17.8. The zero-order chi connectivity index (χ0) is 21.7. The van der Waals surface area contributed by atoms with Crippen LogP contribution < -0.4 is 10.5 Å². The van der Waals surface area contributed by atoms with Gasteiger partial charge in [-0.3, -0.25) is 0 Å². The first-order valence-corrected chi connectivity index (χ1v) is 10.2. The van der Waals surface area contributed by atoms with Gasteiger partial charge in [0.2, 0.25) is 5.88 Å². The van der Waals surface area contributed by atoms with Crippen molar-refractivity contribution in [2.24, 2.45) is 5.73 Å². The normalized spacial score (nSPS) is 16.0. The fraction of sp³-hybridized carbons (Fsp3) is 0.217. The smallest absolute Gasteiger partial charge is 0.338 e. The van der Waals surface area contributed by atoms with Crippen molar-refractivity contribution in [3.8, 4) is 11.8 Å². The van der Waals surface area contributed by atoms with Crippen LogP contribution in [-0.2, 0) is 14.3 Å². The van der Waals surface area contributed by atoms with Crippen molar-refractivity contribution in [3.05, 3.63) is 76.9 Å². The highest BCUT2D eigenvalue weighted by Crippen LogP contribution is 2.44. The number of ether oxygens (including phenoxy) is 3. The molecule has 2 aromatic carbocycles.